The lowest BCUT2D eigenvalue weighted by atomic mass is 10.1. The number of carbonyl (C=O) groups is 2. The molecule has 0 bridgehead atoms. The summed E-state index contributed by atoms with van der Waals surface area (Å²) in [7, 11) is 2.55. The van der Waals surface area contributed by atoms with Crippen molar-refractivity contribution in [2.24, 2.45) is 0 Å². The molecule has 114 valence electrons. The predicted molar refractivity (Wildman–Crippen MR) is 76.9 cm³/mol. The molecule has 4 nitrogen and oxygen atoms in total. The van der Waals surface area contributed by atoms with Crippen LogP contribution in [0.2, 0.25) is 0 Å². The number of benzene rings is 2. The fraction of sp³-hybridized carbons (Fsp3) is 0.125. The number of ether oxygens (including phenoxy) is 1. The summed E-state index contributed by atoms with van der Waals surface area (Å²) < 4.78 is 31.5. The zero-order valence-electron chi connectivity index (χ0n) is 12.0. The molecule has 0 aliphatic carbocycles. The summed E-state index contributed by atoms with van der Waals surface area (Å²) in [5.41, 5.74) is 0.170. The molecule has 0 unspecified atom stereocenters. The van der Waals surface area contributed by atoms with E-state index in [1.807, 2.05) is 0 Å². The maximum absolute atomic E-state index is 13.7. The van der Waals surface area contributed by atoms with Gasteiger partial charge in [-0.05, 0) is 30.3 Å². The Bertz CT molecular complexity index is 731. The second-order valence-electron chi connectivity index (χ2n) is 4.53. The minimum absolute atomic E-state index is 0.161. The van der Waals surface area contributed by atoms with Crippen molar-refractivity contribution in [1.29, 1.82) is 0 Å². The second kappa shape index (κ2) is 6.34. The lowest BCUT2D eigenvalue weighted by molar-refractivity contribution is 0.0600. The first-order chi connectivity index (χ1) is 10.4. The van der Waals surface area contributed by atoms with Gasteiger partial charge in [-0.25, -0.2) is 13.6 Å². The molecular weight excluding hydrogens is 292 g/mol. The number of amides is 1. The highest BCUT2D eigenvalue weighted by Gasteiger charge is 2.18. The summed E-state index contributed by atoms with van der Waals surface area (Å²) in [5.74, 6) is -2.54. The Balaban J connectivity index is 2.35. The monoisotopic (exact) mass is 305 g/mol. The first-order valence-corrected chi connectivity index (χ1v) is 6.35. The average Bonchev–Trinajstić information content (AvgIpc) is 2.55. The van der Waals surface area contributed by atoms with Gasteiger partial charge >= 0.3 is 5.97 Å². The molecule has 0 N–H and O–H groups in total. The molecule has 0 saturated carbocycles. The molecule has 0 aliphatic rings. The van der Waals surface area contributed by atoms with Crippen LogP contribution in [0.4, 0.5) is 14.5 Å². The quantitative estimate of drug-likeness (QED) is 0.819. The molecule has 2 aromatic rings. The van der Waals surface area contributed by atoms with E-state index in [4.69, 9.17) is 0 Å². The van der Waals surface area contributed by atoms with Crippen LogP contribution in [-0.2, 0) is 4.74 Å². The Labute approximate surface area is 125 Å². The van der Waals surface area contributed by atoms with E-state index in [1.54, 1.807) is 0 Å². The van der Waals surface area contributed by atoms with Gasteiger partial charge in [0.1, 0.15) is 11.6 Å². The van der Waals surface area contributed by atoms with E-state index in [-0.39, 0.29) is 16.8 Å². The predicted octanol–water partition coefficient (Wildman–Crippen LogP) is 3.03. The molecule has 6 heteroatoms. The van der Waals surface area contributed by atoms with Crippen LogP contribution < -0.4 is 4.90 Å². The highest BCUT2D eigenvalue weighted by Crippen LogP contribution is 2.21. The highest BCUT2D eigenvalue weighted by molar-refractivity contribution is 6.07. The molecule has 22 heavy (non-hydrogen) atoms. The van der Waals surface area contributed by atoms with Crippen molar-refractivity contribution < 1.29 is 23.1 Å². The number of nitrogens with zero attached hydrogens (tertiary/aromatic N) is 1. The van der Waals surface area contributed by atoms with Gasteiger partial charge in [0, 0.05) is 18.7 Å². The summed E-state index contributed by atoms with van der Waals surface area (Å²) in [5, 5.41) is 0. The molecule has 0 saturated heterocycles. The van der Waals surface area contributed by atoms with E-state index in [0.29, 0.717) is 0 Å². The van der Waals surface area contributed by atoms with Gasteiger partial charge in [-0.15, -0.1) is 0 Å². The number of hydrogen-bond acceptors (Lipinski definition) is 3. The van der Waals surface area contributed by atoms with Crippen LogP contribution in [0.15, 0.2) is 42.5 Å². The molecule has 0 atom stereocenters. The van der Waals surface area contributed by atoms with Gasteiger partial charge in [0.2, 0.25) is 0 Å². The largest absolute Gasteiger partial charge is 0.465 e. The first kappa shape index (κ1) is 15.6. The van der Waals surface area contributed by atoms with Crippen LogP contribution in [0.1, 0.15) is 20.7 Å². The molecule has 0 spiro atoms. The Morgan fingerprint density at radius 3 is 2.41 bits per heavy atom. The van der Waals surface area contributed by atoms with Crippen molar-refractivity contribution in [3.05, 3.63) is 65.2 Å². The lowest BCUT2D eigenvalue weighted by Crippen LogP contribution is -2.27. The zero-order valence-corrected chi connectivity index (χ0v) is 12.0. The summed E-state index contributed by atoms with van der Waals surface area (Å²) in [6, 6.07) is 8.65. The van der Waals surface area contributed by atoms with Crippen molar-refractivity contribution in [3.63, 3.8) is 0 Å². The third-order valence-corrected chi connectivity index (χ3v) is 3.10. The Hall–Kier alpha value is -2.76. The van der Waals surface area contributed by atoms with Gasteiger partial charge in [-0.1, -0.05) is 6.07 Å². The van der Waals surface area contributed by atoms with Gasteiger partial charge in [-0.3, -0.25) is 4.79 Å². The molecule has 0 fully saturated rings. The van der Waals surface area contributed by atoms with E-state index < -0.39 is 23.5 Å². The third-order valence-electron chi connectivity index (χ3n) is 3.10. The van der Waals surface area contributed by atoms with Gasteiger partial charge in [0.15, 0.2) is 0 Å². The number of hydrogen-bond donors (Lipinski definition) is 0. The Morgan fingerprint density at radius 1 is 1.05 bits per heavy atom. The van der Waals surface area contributed by atoms with Crippen molar-refractivity contribution in [1.82, 2.24) is 0 Å². The second-order valence-corrected chi connectivity index (χ2v) is 4.53. The third kappa shape index (κ3) is 3.11. The normalized spacial score (nSPS) is 10.2. The van der Waals surface area contributed by atoms with Crippen LogP contribution in [-0.4, -0.2) is 26.0 Å². The number of halogens is 2. The summed E-state index contributed by atoms with van der Waals surface area (Å²) in [4.78, 5) is 24.8. The zero-order chi connectivity index (χ0) is 16.3. The molecule has 0 radical (unpaired) electrons. The van der Waals surface area contributed by atoms with E-state index in [9.17, 15) is 18.4 Å². The van der Waals surface area contributed by atoms with E-state index in [0.717, 1.165) is 23.1 Å². The Kier molecular flexibility index (Phi) is 4.50. The first-order valence-electron chi connectivity index (χ1n) is 6.35. The molecular formula is C16H13F2NO3. The van der Waals surface area contributed by atoms with Crippen LogP contribution in [0.3, 0.4) is 0 Å². The van der Waals surface area contributed by atoms with Crippen LogP contribution >= 0.6 is 0 Å². The highest BCUT2D eigenvalue weighted by atomic mass is 19.1. The number of rotatable bonds is 3. The van der Waals surface area contributed by atoms with E-state index >= 15 is 0 Å². The number of methoxy groups -OCH3 is 1. The summed E-state index contributed by atoms with van der Waals surface area (Å²) >= 11 is 0. The van der Waals surface area contributed by atoms with Gasteiger partial charge in [0.05, 0.1) is 18.4 Å². The van der Waals surface area contributed by atoms with E-state index in [1.165, 1.54) is 38.4 Å². The van der Waals surface area contributed by atoms with Crippen LogP contribution in [0.25, 0.3) is 0 Å². The number of anilines is 1. The standard InChI is InChI=1S/C16H13F2NO3/c1-19(14-9-12(17)6-7-13(14)18)15(20)10-4-3-5-11(8-10)16(21)22-2/h3-9H,1-2H3. The van der Waals surface area contributed by atoms with Crippen molar-refractivity contribution >= 4 is 17.6 Å². The van der Waals surface area contributed by atoms with Gasteiger partial charge in [-0.2, -0.15) is 0 Å². The fourth-order valence-corrected chi connectivity index (χ4v) is 1.94. The Morgan fingerprint density at radius 2 is 1.73 bits per heavy atom. The minimum atomic E-state index is -0.721. The number of esters is 1. The molecule has 0 heterocycles. The molecule has 2 rings (SSSR count). The van der Waals surface area contributed by atoms with Crippen molar-refractivity contribution in [2.75, 3.05) is 19.1 Å². The lowest BCUT2D eigenvalue weighted by Gasteiger charge is -2.18. The summed E-state index contributed by atoms with van der Waals surface area (Å²) in [6.45, 7) is 0. The topological polar surface area (TPSA) is 46.6 Å². The summed E-state index contributed by atoms with van der Waals surface area (Å²) in [6.07, 6.45) is 0. The van der Waals surface area contributed by atoms with Crippen molar-refractivity contribution in [3.8, 4) is 0 Å². The smallest absolute Gasteiger partial charge is 0.337 e. The van der Waals surface area contributed by atoms with E-state index in [2.05, 4.69) is 4.74 Å². The van der Waals surface area contributed by atoms with Gasteiger partial charge in [0.25, 0.3) is 5.91 Å². The fourth-order valence-electron chi connectivity index (χ4n) is 1.94. The SMILES string of the molecule is COC(=O)c1cccc(C(=O)N(C)c2cc(F)ccc2F)c1. The molecule has 1 amide bonds. The average molecular weight is 305 g/mol. The van der Waals surface area contributed by atoms with Crippen LogP contribution in [0, 0.1) is 11.6 Å². The minimum Gasteiger partial charge on any atom is -0.465 e. The molecule has 2 aromatic carbocycles. The molecule has 0 aliphatic heterocycles. The van der Waals surface area contributed by atoms with Gasteiger partial charge < -0.3 is 9.64 Å². The maximum Gasteiger partial charge on any atom is 0.337 e. The number of carbonyl (C=O) groups excluding carboxylic acids is 2. The maximum atomic E-state index is 13.7. The molecule has 0 aromatic heterocycles. The van der Waals surface area contributed by atoms with Crippen molar-refractivity contribution in [2.45, 2.75) is 0 Å². The van der Waals surface area contributed by atoms with Crippen LogP contribution in [0.5, 0.6) is 0 Å².